The zero-order valence-electron chi connectivity index (χ0n) is 12.5. The van der Waals surface area contributed by atoms with Gasteiger partial charge in [-0.2, -0.15) is 5.26 Å². The van der Waals surface area contributed by atoms with Gasteiger partial charge in [-0.3, -0.25) is 4.79 Å². The van der Waals surface area contributed by atoms with Crippen molar-refractivity contribution in [3.63, 3.8) is 0 Å². The van der Waals surface area contributed by atoms with Crippen molar-refractivity contribution in [2.75, 3.05) is 0 Å². The van der Waals surface area contributed by atoms with E-state index in [1.165, 1.54) is 24.3 Å². The van der Waals surface area contributed by atoms with Gasteiger partial charge in [0.1, 0.15) is 17.5 Å². The van der Waals surface area contributed by atoms with Crippen LogP contribution in [0.25, 0.3) is 10.8 Å². The maximum absolute atomic E-state index is 13.7. The fourth-order valence-corrected chi connectivity index (χ4v) is 2.30. The topological polar surface area (TPSA) is 109 Å². The summed E-state index contributed by atoms with van der Waals surface area (Å²) in [6.07, 6.45) is 0. The number of aromatic nitrogens is 1. The van der Waals surface area contributed by atoms with Gasteiger partial charge in [0.25, 0.3) is 5.91 Å². The molecule has 3 N–H and O–H groups in total. The van der Waals surface area contributed by atoms with Gasteiger partial charge in [0.05, 0.1) is 0 Å². The predicted octanol–water partition coefficient (Wildman–Crippen LogP) is 2.98. The summed E-state index contributed by atoms with van der Waals surface area (Å²) in [6, 6.07) is 8.96. The fourth-order valence-electron chi connectivity index (χ4n) is 2.30. The Morgan fingerprint density at radius 3 is 2.48 bits per heavy atom. The van der Waals surface area contributed by atoms with Crippen molar-refractivity contribution in [3.8, 4) is 23.3 Å². The lowest BCUT2D eigenvalue weighted by atomic mass is 10.1. The normalized spacial score (nSPS) is 10.4. The molecule has 0 spiro atoms. The third kappa shape index (κ3) is 2.79. The van der Waals surface area contributed by atoms with E-state index in [1.807, 2.05) is 0 Å². The van der Waals surface area contributed by atoms with E-state index in [9.17, 15) is 23.9 Å². The number of primary amides is 1. The molecule has 0 unspecified atom stereocenters. The van der Waals surface area contributed by atoms with Crippen LogP contribution in [-0.4, -0.2) is 16.0 Å². The van der Waals surface area contributed by atoms with Crippen molar-refractivity contribution < 1.29 is 23.4 Å². The first-order valence-corrected chi connectivity index (χ1v) is 6.91. The number of carbonyl (C=O) groups excluding carboxylic acids is 1. The molecule has 0 bridgehead atoms. The molecular formula is C17H9F2N3O3. The van der Waals surface area contributed by atoms with Crippen molar-refractivity contribution in [1.82, 2.24) is 4.98 Å². The molecule has 1 amide bonds. The van der Waals surface area contributed by atoms with Crippen molar-refractivity contribution in [2.24, 2.45) is 5.73 Å². The molecule has 0 radical (unpaired) electrons. The Balaban J connectivity index is 2.16. The molecule has 25 heavy (non-hydrogen) atoms. The highest BCUT2D eigenvalue weighted by molar-refractivity contribution is 6.02. The molecule has 0 fully saturated rings. The number of nitriles is 1. The molecule has 0 atom stereocenters. The van der Waals surface area contributed by atoms with Crippen LogP contribution < -0.4 is 10.5 Å². The number of hydrogen-bond acceptors (Lipinski definition) is 5. The minimum Gasteiger partial charge on any atom is -0.505 e. The van der Waals surface area contributed by atoms with E-state index in [0.29, 0.717) is 0 Å². The molecule has 3 rings (SSSR count). The van der Waals surface area contributed by atoms with Gasteiger partial charge in [0.15, 0.2) is 28.8 Å². The zero-order valence-corrected chi connectivity index (χ0v) is 12.5. The van der Waals surface area contributed by atoms with Crippen LogP contribution in [0, 0.1) is 23.0 Å². The number of fused-ring (bicyclic) bond motifs is 1. The number of nitrogens with zero attached hydrogens (tertiary/aromatic N) is 2. The van der Waals surface area contributed by atoms with Crippen molar-refractivity contribution in [3.05, 3.63) is 59.4 Å². The number of ether oxygens (including phenoxy) is 1. The van der Waals surface area contributed by atoms with E-state index >= 15 is 0 Å². The van der Waals surface area contributed by atoms with E-state index in [0.717, 1.165) is 12.1 Å². The first-order valence-electron chi connectivity index (χ1n) is 6.91. The molecule has 124 valence electrons. The van der Waals surface area contributed by atoms with Crippen LogP contribution in [0.15, 0.2) is 36.4 Å². The van der Waals surface area contributed by atoms with E-state index in [1.54, 1.807) is 6.07 Å². The van der Waals surface area contributed by atoms with E-state index < -0.39 is 34.7 Å². The van der Waals surface area contributed by atoms with Crippen LogP contribution in [0.3, 0.4) is 0 Å². The molecule has 3 aromatic rings. The SMILES string of the molecule is N#Cc1nc(C(N)=O)c(O)c2ccc(Oc3c(F)cccc3F)cc12. The third-order valence-corrected chi connectivity index (χ3v) is 3.43. The molecule has 0 saturated carbocycles. The van der Waals surface area contributed by atoms with Gasteiger partial charge >= 0.3 is 0 Å². The fraction of sp³-hybridized carbons (Fsp3) is 0. The smallest absolute Gasteiger partial charge is 0.271 e. The molecule has 1 aromatic heterocycles. The molecule has 0 saturated heterocycles. The summed E-state index contributed by atoms with van der Waals surface area (Å²) in [4.78, 5) is 15.0. The Bertz CT molecular complexity index is 1040. The average molecular weight is 341 g/mol. The summed E-state index contributed by atoms with van der Waals surface area (Å²) in [5.74, 6) is -3.88. The quantitative estimate of drug-likeness (QED) is 0.761. The van der Waals surface area contributed by atoms with Crippen molar-refractivity contribution >= 4 is 16.7 Å². The van der Waals surface area contributed by atoms with Gasteiger partial charge in [0, 0.05) is 10.8 Å². The molecule has 0 aliphatic rings. The number of pyridine rings is 1. The Labute approximate surface area is 139 Å². The second-order valence-corrected chi connectivity index (χ2v) is 4.99. The summed E-state index contributed by atoms with van der Waals surface area (Å²) < 4.78 is 32.6. The zero-order chi connectivity index (χ0) is 18.1. The largest absolute Gasteiger partial charge is 0.505 e. The Morgan fingerprint density at radius 1 is 1.20 bits per heavy atom. The second kappa shape index (κ2) is 6.05. The lowest BCUT2D eigenvalue weighted by Crippen LogP contribution is -2.14. The maximum atomic E-state index is 13.7. The number of para-hydroxylation sites is 1. The number of benzene rings is 2. The molecule has 1 heterocycles. The number of rotatable bonds is 3. The number of hydrogen-bond donors (Lipinski definition) is 2. The standard InChI is InChI=1S/C17H9F2N3O3/c18-11-2-1-3-12(19)16(11)25-8-4-5-9-10(6-8)13(7-20)22-14(15(9)23)17(21)24/h1-6,23H,(H2,21,24). The summed E-state index contributed by atoms with van der Waals surface area (Å²) in [6.45, 7) is 0. The number of amides is 1. The van der Waals surface area contributed by atoms with Crippen molar-refractivity contribution in [2.45, 2.75) is 0 Å². The number of halogens is 2. The third-order valence-electron chi connectivity index (χ3n) is 3.43. The van der Waals surface area contributed by atoms with E-state index in [4.69, 9.17) is 10.5 Å². The summed E-state index contributed by atoms with van der Waals surface area (Å²) in [5.41, 5.74) is 4.48. The van der Waals surface area contributed by atoms with Crippen LogP contribution in [0.1, 0.15) is 16.2 Å². The molecule has 8 heteroatoms. The first-order chi connectivity index (χ1) is 11.9. The molecule has 6 nitrogen and oxygen atoms in total. The molecule has 2 aromatic carbocycles. The van der Waals surface area contributed by atoms with Gasteiger partial charge in [-0.25, -0.2) is 13.8 Å². The van der Waals surface area contributed by atoms with E-state index in [-0.39, 0.29) is 22.2 Å². The van der Waals surface area contributed by atoms with E-state index in [2.05, 4.69) is 4.98 Å². The predicted molar refractivity (Wildman–Crippen MR) is 83.1 cm³/mol. The van der Waals surface area contributed by atoms with Crippen LogP contribution >= 0.6 is 0 Å². The second-order valence-electron chi connectivity index (χ2n) is 4.99. The van der Waals surface area contributed by atoms with Gasteiger partial charge in [-0.15, -0.1) is 0 Å². The highest BCUT2D eigenvalue weighted by Gasteiger charge is 2.18. The van der Waals surface area contributed by atoms with Crippen LogP contribution in [0.2, 0.25) is 0 Å². The van der Waals surface area contributed by atoms with Crippen LogP contribution in [-0.2, 0) is 0 Å². The monoisotopic (exact) mass is 341 g/mol. The molecule has 0 aliphatic heterocycles. The van der Waals surface area contributed by atoms with Gasteiger partial charge in [-0.05, 0) is 30.3 Å². The van der Waals surface area contributed by atoms with Crippen molar-refractivity contribution in [1.29, 1.82) is 5.26 Å². The van der Waals surface area contributed by atoms with Gasteiger partial charge in [0.2, 0.25) is 0 Å². The minimum absolute atomic E-state index is 0.0148. The number of nitrogens with two attached hydrogens (primary N) is 1. The first kappa shape index (κ1) is 16.1. The minimum atomic E-state index is -0.996. The molecular weight excluding hydrogens is 332 g/mol. The lowest BCUT2D eigenvalue weighted by Gasteiger charge is -2.11. The van der Waals surface area contributed by atoms with Gasteiger partial charge in [-0.1, -0.05) is 6.07 Å². The average Bonchev–Trinajstić information content (AvgIpc) is 2.58. The summed E-state index contributed by atoms with van der Waals surface area (Å²) >= 11 is 0. The lowest BCUT2D eigenvalue weighted by molar-refractivity contribution is 0.0993. The maximum Gasteiger partial charge on any atom is 0.271 e. The Morgan fingerprint density at radius 2 is 1.88 bits per heavy atom. The van der Waals surface area contributed by atoms with Crippen LogP contribution in [0.5, 0.6) is 17.2 Å². The van der Waals surface area contributed by atoms with Crippen LogP contribution in [0.4, 0.5) is 8.78 Å². The molecule has 0 aliphatic carbocycles. The highest BCUT2D eigenvalue weighted by atomic mass is 19.1. The number of carbonyl (C=O) groups is 1. The Kier molecular flexibility index (Phi) is 3.91. The summed E-state index contributed by atoms with van der Waals surface area (Å²) in [5, 5.41) is 19.5. The summed E-state index contributed by atoms with van der Waals surface area (Å²) in [7, 11) is 0. The Hall–Kier alpha value is -3.73. The number of aromatic hydroxyl groups is 1. The highest BCUT2D eigenvalue weighted by Crippen LogP contribution is 2.34. The van der Waals surface area contributed by atoms with Gasteiger partial charge < -0.3 is 15.6 Å².